The van der Waals surface area contributed by atoms with Gasteiger partial charge in [-0.15, -0.1) is 0 Å². The van der Waals surface area contributed by atoms with E-state index in [1.165, 1.54) is 12.1 Å². The van der Waals surface area contributed by atoms with E-state index < -0.39 is 0 Å². The SMILES string of the molecule is CC1Nc2cc(F)ccc2OC1c1cccc(Cl)c1. The maximum absolute atomic E-state index is 13.2. The molecule has 2 nitrogen and oxygen atoms in total. The first-order valence-corrected chi connectivity index (χ1v) is 6.49. The molecule has 1 aliphatic heterocycles. The summed E-state index contributed by atoms with van der Waals surface area (Å²) in [6.45, 7) is 2.00. The number of rotatable bonds is 1. The van der Waals surface area contributed by atoms with Gasteiger partial charge in [0, 0.05) is 11.1 Å². The molecule has 0 aromatic heterocycles. The third kappa shape index (κ3) is 2.38. The molecular weight excluding hydrogens is 265 g/mol. The van der Waals surface area contributed by atoms with Crippen molar-refractivity contribution in [2.24, 2.45) is 0 Å². The van der Waals surface area contributed by atoms with Gasteiger partial charge >= 0.3 is 0 Å². The van der Waals surface area contributed by atoms with Crippen LogP contribution in [0.15, 0.2) is 42.5 Å². The van der Waals surface area contributed by atoms with Crippen molar-refractivity contribution in [1.82, 2.24) is 0 Å². The molecule has 1 N–H and O–H groups in total. The molecule has 2 unspecified atom stereocenters. The van der Waals surface area contributed by atoms with Gasteiger partial charge in [-0.2, -0.15) is 0 Å². The molecule has 3 rings (SSSR count). The minimum absolute atomic E-state index is 0.0350. The number of nitrogens with one attached hydrogen (secondary N) is 1. The van der Waals surface area contributed by atoms with E-state index >= 15 is 0 Å². The zero-order valence-corrected chi connectivity index (χ0v) is 11.1. The van der Waals surface area contributed by atoms with Crippen LogP contribution in [-0.2, 0) is 0 Å². The molecule has 1 aliphatic rings. The van der Waals surface area contributed by atoms with Gasteiger partial charge in [-0.3, -0.25) is 0 Å². The van der Waals surface area contributed by atoms with E-state index in [-0.39, 0.29) is 18.0 Å². The molecule has 2 aromatic carbocycles. The topological polar surface area (TPSA) is 21.3 Å². The first-order chi connectivity index (χ1) is 9.13. The number of benzene rings is 2. The van der Waals surface area contributed by atoms with Crippen LogP contribution in [0.5, 0.6) is 5.75 Å². The van der Waals surface area contributed by atoms with E-state index in [0.29, 0.717) is 16.5 Å². The Morgan fingerprint density at radius 1 is 1.21 bits per heavy atom. The molecule has 1 heterocycles. The van der Waals surface area contributed by atoms with E-state index in [0.717, 1.165) is 5.56 Å². The highest BCUT2D eigenvalue weighted by Crippen LogP contribution is 2.38. The second-order valence-corrected chi connectivity index (χ2v) is 5.10. The summed E-state index contributed by atoms with van der Waals surface area (Å²) in [6.07, 6.45) is -0.142. The predicted molar refractivity (Wildman–Crippen MR) is 74.3 cm³/mol. The second kappa shape index (κ2) is 4.74. The molecular formula is C15H13ClFNO. The van der Waals surface area contributed by atoms with Crippen molar-refractivity contribution in [3.63, 3.8) is 0 Å². The Kier molecular flexibility index (Phi) is 3.07. The Balaban J connectivity index is 1.95. The average Bonchev–Trinajstić information content (AvgIpc) is 2.37. The monoisotopic (exact) mass is 277 g/mol. The molecule has 4 heteroatoms. The van der Waals surface area contributed by atoms with Gasteiger partial charge in [-0.05, 0) is 36.8 Å². The van der Waals surface area contributed by atoms with Gasteiger partial charge in [0.25, 0.3) is 0 Å². The number of anilines is 1. The maximum atomic E-state index is 13.2. The van der Waals surface area contributed by atoms with Crippen molar-refractivity contribution in [2.75, 3.05) is 5.32 Å². The summed E-state index contributed by atoms with van der Waals surface area (Å²) in [6, 6.07) is 12.1. The Morgan fingerprint density at radius 2 is 2.05 bits per heavy atom. The highest BCUT2D eigenvalue weighted by Gasteiger charge is 2.27. The van der Waals surface area contributed by atoms with E-state index in [9.17, 15) is 4.39 Å². The molecule has 0 bridgehead atoms. The van der Waals surface area contributed by atoms with Crippen molar-refractivity contribution in [3.05, 3.63) is 58.9 Å². The number of hydrogen-bond acceptors (Lipinski definition) is 2. The van der Waals surface area contributed by atoms with E-state index in [1.54, 1.807) is 6.07 Å². The van der Waals surface area contributed by atoms with Crippen LogP contribution in [0.3, 0.4) is 0 Å². The molecule has 0 radical (unpaired) electrons. The molecule has 2 aromatic rings. The Hall–Kier alpha value is -1.74. The molecule has 0 saturated heterocycles. The fourth-order valence-electron chi connectivity index (χ4n) is 2.32. The highest BCUT2D eigenvalue weighted by molar-refractivity contribution is 6.30. The summed E-state index contributed by atoms with van der Waals surface area (Å²) in [5.74, 6) is 0.382. The fraction of sp³-hybridized carbons (Fsp3) is 0.200. The highest BCUT2D eigenvalue weighted by atomic mass is 35.5. The van der Waals surface area contributed by atoms with Gasteiger partial charge in [0.05, 0.1) is 11.7 Å². The third-order valence-electron chi connectivity index (χ3n) is 3.21. The molecule has 0 amide bonds. The van der Waals surface area contributed by atoms with Crippen molar-refractivity contribution < 1.29 is 9.13 Å². The Bertz CT molecular complexity index is 617. The van der Waals surface area contributed by atoms with Gasteiger partial charge < -0.3 is 10.1 Å². The third-order valence-corrected chi connectivity index (χ3v) is 3.45. The number of ether oxygens (including phenoxy) is 1. The molecule has 2 atom stereocenters. The minimum atomic E-state index is -0.275. The number of halogens is 2. The van der Waals surface area contributed by atoms with Gasteiger partial charge in [0.2, 0.25) is 0 Å². The van der Waals surface area contributed by atoms with Crippen LogP contribution < -0.4 is 10.1 Å². The van der Waals surface area contributed by atoms with Crippen LogP contribution in [0, 0.1) is 5.82 Å². The summed E-state index contributed by atoms with van der Waals surface area (Å²) >= 11 is 6.01. The molecule has 0 spiro atoms. The van der Waals surface area contributed by atoms with Crippen LogP contribution in [0.2, 0.25) is 5.02 Å². The lowest BCUT2D eigenvalue weighted by molar-refractivity contribution is 0.177. The van der Waals surface area contributed by atoms with E-state index in [4.69, 9.17) is 16.3 Å². The largest absolute Gasteiger partial charge is 0.481 e. The summed E-state index contributed by atoms with van der Waals surface area (Å²) in [5.41, 5.74) is 1.69. The lowest BCUT2D eigenvalue weighted by atomic mass is 10.0. The van der Waals surface area contributed by atoms with Crippen LogP contribution in [0.25, 0.3) is 0 Å². The number of hydrogen-bond donors (Lipinski definition) is 1. The minimum Gasteiger partial charge on any atom is -0.481 e. The normalized spacial score (nSPS) is 21.2. The fourth-order valence-corrected chi connectivity index (χ4v) is 2.52. The van der Waals surface area contributed by atoms with Crippen LogP contribution in [0.4, 0.5) is 10.1 Å². The van der Waals surface area contributed by atoms with Crippen molar-refractivity contribution in [2.45, 2.75) is 19.1 Å². The first-order valence-electron chi connectivity index (χ1n) is 6.12. The number of fused-ring (bicyclic) bond motifs is 1. The molecule has 0 saturated carbocycles. The first kappa shape index (κ1) is 12.3. The molecule has 0 fully saturated rings. The Morgan fingerprint density at radius 3 is 2.84 bits per heavy atom. The van der Waals surface area contributed by atoms with Gasteiger partial charge in [0.1, 0.15) is 17.7 Å². The average molecular weight is 278 g/mol. The van der Waals surface area contributed by atoms with Gasteiger partial charge in [-0.1, -0.05) is 23.7 Å². The zero-order valence-electron chi connectivity index (χ0n) is 10.4. The zero-order chi connectivity index (χ0) is 13.4. The lowest BCUT2D eigenvalue weighted by Crippen LogP contribution is -2.32. The maximum Gasteiger partial charge on any atom is 0.144 e. The summed E-state index contributed by atoms with van der Waals surface area (Å²) < 4.78 is 19.1. The predicted octanol–water partition coefficient (Wildman–Crippen LogP) is 4.41. The van der Waals surface area contributed by atoms with Crippen molar-refractivity contribution in [3.8, 4) is 5.75 Å². The lowest BCUT2D eigenvalue weighted by Gasteiger charge is -2.33. The van der Waals surface area contributed by atoms with Gasteiger partial charge in [0.15, 0.2) is 0 Å². The summed E-state index contributed by atoms with van der Waals surface area (Å²) in [5, 5.41) is 3.94. The molecule has 19 heavy (non-hydrogen) atoms. The van der Waals surface area contributed by atoms with Gasteiger partial charge in [-0.25, -0.2) is 4.39 Å². The van der Waals surface area contributed by atoms with Crippen LogP contribution in [-0.4, -0.2) is 6.04 Å². The standard InChI is InChI=1S/C15H13ClFNO/c1-9-15(10-3-2-4-11(16)7-10)19-14-6-5-12(17)8-13(14)18-9/h2-9,15,18H,1H3. The van der Waals surface area contributed by atoms with Crippen molar-refractivity contribution in [1.29, 1.82) is 0 Å². The van der Waals surface area contributed by atoms with E-state index in [2.05, 4.69) is 5.32 Å². The smallest absolute Gasteiger partial charge is 0.144 e. The van der Waals surface area contributed by atoms with Crippen LogP contribution in [0.1, 0.15) is 18.6 Å². The van der Waals surface area contributed by atoms with Crippen molar-refractivity contribution >= 4 is 17.3 Å². The van der Waals surface area contributed by atoms with E-state index in [1.807, 2.05) is 31.2 Å². The second-order valence-electron chi connectivity index (χ2n) is 4.67. The summed E-state index contributed by atoms with van der Waals surface area (Å²) in [7, 11) is 0. The summed E-state index contributed by atoms with van der Waals surface area (Å²) in [4.78, 5) is 0. The van der Waals surface area contributed by atoms with Crippen LogP contribution >= 0.6 is 11.6 Å². The molecule has 98 valence electrons. The molecule has 0 aliphatic carbocycles. The Labute approximate surface area is 116 Å². The quantitative estimate of drug-likeness (QED) is 0.833.